The molecule has 6 nitrogen and oxygen atoms in total. The van der Waals surface area contributed by atoms with E-state index in [-0.39, 0.29) is 24.5 Å². The first-order valence-electron chi connectivity index (χ1n) is 6.28. The number of carboxylic acids is 1. The lowest BCUT2D eigenvalue weighted by Gasteiger charge is -2.28. The number of hydrogen-bond acceptors (Lipinski definition) is 3. The third kappa shape index (κ3) is 4.31. The second-order valence-electron chi connectivity index (χ2n) is 4.42. The van der Waals surface area contributed by atoms with Gasteiger partial charge in [0.05, 0.1) is 18.7 Å². The zero-order valence-corrected chi connectivity index (χ0v) is 11.4. The highest BCUT2D eigenvalue weighted by Crippen LogP contribution is 2.13. The molecule has 2 atom stereocenters. The van der Waals surface area contributed by atoms with Crippen LogP contribution in [0.5, 0.6) is 0 Å². The molecule has 0 aliphatic heterocycles. The van der Waals surface area contributed by atoms with Crippen molar-refractivity contribution in [2.45, 2.75) is 39.3 Å². The van der Waals surface area contributed by atoms with E-state index in [1.54, 1.807) is 25.3 Å². The Bertz CT molecular complexity index is 416. The van der Waals surface area contributed by atoms with Gasteiger partial charge in [0.15, 0.2) is 0 Å². The SMILES string of the molecule is CCN(C(=O)NC(C)c1ccco1)C(C)CC(=O)O. The van der Waals surface area contributed by atoms with Crippen molar-refractivity contribution in [1.82, 2.24) is 10.2 Å². The highest BCUT2D eigenvalue weighted by Gasteiger charge is 2.22. The Hall–Kier alpha value is -1.98. The molecular formula is C13H20N2O4. The van der Waals surface area contributed by atoms with E-state index >= 15 is 0 Å². The molecule has 1 heterocycles. The predicted molar refractivity (Wildman–Crippen MR) is 69.7 cm³/mol. The molecule has 0 radical (unpaired) electrons. The predicted octanol–water partition coefficient (Wildman–Crippen LogP) is 2.24. The summed E-state index contributed by atoms with van der Waals surface area (Å²) in [6, 6.07) is 2.63. The van der Waals surface area contributed by atoms with E-state index in [4.69, 9.17) is 9.52 Å². The number of rotatable bonds is 6. The molecule has 0 aliphatic rings. The van der Waals surface area contributed by atoms with Crippen molar-refractivity contribution in [2.24, 2.45) is 0 Å². The summed E-state index contributed by atoms with van der Waals surface area (Å²) in [4.78, 5) is 24.3. The zero-order valence-electron chi connectivity index (χ0n) is 11.4. The first-order valence-corrected chi connectivity index (χ1v) is 6.28. The number of aliphatic carboxylic acids is 1. The van der Waals surface area contributed by atoms with Crippen molar-refractivity contribution >= 4 is 12.0 Å². The molecule has 1 aromatic rings. The van der Waals surface area contributed by atoms with Crippen LogP contribution in [0.4, 0.5) is 4.79 Å². The summed E-state index contributed by atoms with van der Waals surface area (Å²) < 4.78 is 5.21. The fourth-order valence-corrected chi connectivity index (χ4v) is 1.90. The minimum absolute atomic E-state index is 0.0730. The lowest BCUT2D eigenvalue weighted by molar-refractivity contribution is -0.138. The van der Waals surface area contributed by atoms with Crippen LogP contribution in [0.2, 0.25) is 0 Å². The highest BCUT2D eigenvalue weighted by molar-refractivity contribution is 5.76. The maximum absolute atomic E-state index is 12.1. The highest BCUT2D eigenvalue weighted by atomic mass is 16.4. The van der Waals surface area contributed by atoms with Crippen LogP contribution in [-0.2, 0) is 4.79 Å². The van der Waals surface area contributed by atoms with Gasteiger partial charge in [-0.15, -0.1) is 0 Å². The molecule has 0 aliphatic carbocycles. The number of furan rings is 1. The quantitative estimate of drug-likeness (QED) is 0.828. The Morgan fingerprint density at radius 3 is 2.63 bits per heavy atom. The van der Waals surface area contributed by atoms with Crippen molar-refractivity contribution in [2.75, 3.05) is 6.54 Å². The van der Waals surface area contributed by atoms with E-state index in [1.165, 1.54) is 4.90 Å². The Morgan fingerprint density at radius 1 is 1.47 bits per heavy atom. The summed E-state index contributed by atoms with van der Waals surface area (Å²) in [5.41, 5.74) is 0. The van der Waals surface area contributed by atoms with Crippen LogP contribution in [0.15, 0.2) is 22.8 Å². The van der Waals surface area contributed by atoms with Crippen molar-refractivity contribution in [3.63, 3.8) is 0 Å². The van der Waals surface area contributed by atoms with Crippen LogP contribution in [0.3, 0.4) is 0 Å². The molecule has 19 heavy (non-hydrogen) atoms. The molecule has 6 heteroatoms. The van der Waals surface area contributed by atoms with E-state index in [9.17, 15) is 9.59 Å². The van der Waals surface area contributed by atoms with E-state index < -0.39 is 5.97 Å². The summed E-state index contributed by atoms with van der Waals surface area (Å²) in [6.07, 6.45) is 1.47. The minimum atomic E-state index is -0.919. The van der Waals surface area contributed by atoms with Crippen LogP contribution in [0, 0.1) is 0 Å². The van der Waals surface area contributed by atoms with Crippen LogP contribution in [0.25, 0.3) is 0 Å². The zero-order chi connectivity index (χ0) is 14.4. The van der Waals surface area contributed by atoms with Gasteiger partial charge in [0, 0.05) is 12.6 Å². The number of carbonyl (C=O) groups excluding carboxylic acids is 1. The van der Waals surface area contributed by atoms with Gasteiger partial charge in [-0.25, -0.2) is 4.79 Å². The molecule has 0 saturated heterocycles. The van der Waals surface area contributed by atoms with Crippen LogP contribution < -0.4 is 5.32 Å². The summed E-state index contributed by atoms with van der Waals surface area (Å²) in [6.45, 7) is 5.79. The van der Waals surface area contributed by atoms with Crippen LogP contribution in [0.1, 0.15) is 39.0 Å². The molecule has 0 saturated carbocycles. The molecule has 1 rings (SSSR count). The van der Waals surface area contributed by atoms with E-state index in [0.717, 1.165) is 0 Å². The lowest BCUT2D eigenvalue weighted by Crippen LogP contribution is -2.46. The lowest BCUT2D eigenvalue weighted by atomic mass is 10.2. The number of nitrogens with one attached hydrogen (secondary N) is 1. The molecule has 106 valence electrons. The molecule has 0 spiro atoms. The molecule has 1 aromatic heterocycles. The third-order valence-electron chi connectivity index (χ3n) is 2.91. The van der Waals surface area contributed by atoms with Crippen molar-refractivity contribution in [3.05, 3.63) is 24.2 Å². The van der Waals surface area contributed by atoms with E-state index in [1.807, 2.05) is 13.8 Å². The van der Waals surface area contributed by atoms with Gasteiger partial charge in [0.25, 0.3) is 0 Å². The fourth-order valence-electron chi connectivity index (χ4n) is 1.90. The Balaban J connectivity index is 2.61. The molecule has 2 amide bonds. The van der Waals surface area contributed by atoms with E-state index in [2.05, 4.69) is 5.32 Å². The van der Waals surface area contributed by atoms with Gasteiger partial charge in [-0.3, -0.25) is 4.79 Å². The van der Waals surface area contributed by atoms with Gasteiger partial charge < -0.3 is 19.7 Å². The first-order chi connectivity index (χ1) is 8.95. The van der Waals surface area contributed by atoms with Crippen molar-refractivity contribution < 1.29 is 19.1 Å². The van der Waals surface area contributed by atoms with Crippen molar-refractivity contribution in [3.8, 4) is 0 Å². The molecule has 2 N–H and O–H groups in total. The topological polar surface area (TPSA) is 82.8 Å². The molecular weight excluding hydrogens is 248 g/mol. The number of hydrogen-bond donors (Lipinski definition) is 2. The Kier molecular flexibility index (Phi) is 5.41. The number of urea groups is 1. The first kappa shape index (κ1) is 15.1. The molecule has 0 fully saturated rings. The summed E-state index contributed by atoms with van der Waals surface area (Å²) in [5.74, 6) is -0.256. The van der Waals surface area contributed by atoms with E-state index in [0.29, 0.717) is 12.3 Å². The summed E-state index contributed by atoms with van der Waals surface area (Å²) in [5, 5.41) is 11.6. The van der Waals surface area contributed by atoms with Gasteiger partial charge in [-0.05, 0) is 32.9 Å². The normalized spacial score (nSPS) is 13.6. The van der Waals surface area contributed by atoms with Crippen LogP contribution >= 0.6 is 0 Å². The number of nitrogens with zero attached hydrogens (tertiary/aromatic N) is 1. The van der Waals surface area contributed by atoms with Crippen molar-refractivity contribution in [1.29, 1.82) is 0 Å². The molecule has 0 bridgehead atoms. The largest absolute Gasteiger partial charge is 0.481 e. The maximum atomic E-state index is 12.1. The molecule has 0 aromatic carbocycles. The summed E-state index contributed by atoms with van der Waals surface area (Å²) in [7, 11) is 0. The second kappa shape index (κ2) is 6.82. The van der Waals surface area contributed by atoms with Gasteiger partial charge in [0.2, 0.25) is 0 Å². The monoisotopic (exact) mass is 268 g/mol. The number of carbonyl (C=O) groups is 2. The standard InChI is InChI=1S/C13H20N2O4/c1-4-15(9(2)8-12(16)17)13(18)14-10(3)11-6-5-7-19-11/h5-7,9-10H,4,8H2,1-3H3,(H,14,18)(H,16,17). The second-order valence-corrected chi connectivity index (χ2v) is 4.42. The van der Waals surface area contributed by atoms with Gasteiger partial charge in [-0.2, -0.15) is 0 Å². The smallest absolute Gasteiger partial charge is 0.318 e. The number of amides is 2. The third-order valence-corrected chi connectivity index (χ3v) is 2.91. The molecule has 2 unspecified atom stereocenters. The summed E-state index contributed by atoms with van der Waals surface area (Å²) >= 11 is 0. The van der Waals surface area contributed by atoms with Gasteiger partial charge >= 0.3 is 12.0 Å². The average Bonchev–Trinajstić information content (AvgIpc) is 2.81. The fraction of sp³-hybridized carbons (Fsp3) is 0.538. The Morgan fingerprint density at radius 2 is 2.16 bits per heavy atom. The number of carboxylic acid groups (broad SMARTS) is 1. The van der Waals surface area contributed by atoms with Gasteiger partial charge in [0.1, 0.15) is 5.76 Å². The minimum Gasteiger partial charge on any atom is -0.481 e. The Labute approximate surface area is 112 Å². The maximum Gasteiger partial charge on any atom is 0.318 e. The average molecular weight is 268 g/mol. The van der Waals surface area contributed by atoms with Gasteiger partial charge in [-0.1, -0.05) is 0 Å². The van der Waals surface area contributed by atoms with Crippen LogP contribution in [-0.4, -0.2) is 34.6 Å².